The summed E-state index contributed by atoms with van der Waals surface area (Å²) in [5, 5.41) is 4.64. The standard InChI is InChI=1S/C20H36N4O2S/c1-5-18-16(3)27-19(23-18)8-11-22-20(21-6-2)24-12-9-17(10-13-24)26-15-7-14-25-4/h17H,5-15H2,1-4H3,(H,21,22). The number of aliphatic imine (C=N–C) groups is 1. The molecule has 1 aliphatic heterocycles. The van der Waals surface area contributed by atoms with Crippen LogP contribution in [-0.4, -0.2) is 68.4 Å². The van der Waals surface area contributed by atoms with Gasteiger partial charge < -0.3 is 19.7 Å². The maximum absolute atomic E-state index is 5.96. The Bertz CT molecular complexity index is 568. The quantitative estimate of drug-likeness (QED) is 0.374. The average Bonchev–Trinajstić information content (AvgIpc) is 3.05. The largest absolute Gasteiger partial charge is 0.385 e. The number of hydrogen-bond acceptors (Lipinski definition) is 5. The van der Waals surface area contributed by atoms with Gasteiger partial charge in [-0.25, -0.2) is 4.98 Å². The first kappa shape index (κ1) is 22.1. The Kier molecular flexibility index (Phi) is 10.1. The Morgan fingerprint density at radius 3 is 2.70 bits per heavy atom. The first-order valence-corrected chi connectivity index (χ1v) is 11.1. The molecule has 2 rings (SSSR count). The number of hydrogen-bond donors (Lipinski definition) is 1. The van der Waals surface area contributed by atoms with Crippen molar-refractivity contribution in [1.29, 1.82) is 0 Å². The number of nitrogens with zero attached hydrogens (tertiary/aromatic N) is 3. The van der Waals surface area contributed by atoms with Crippen LogP contribution in [0.5, 0.6) is 0 Å². The molecular formula is C20H36N4O2S. The number of nitrogens with one attached hydrogen (secondary N) is 1. The molecule has 1 aromatic heterocycles. The van der Waals surface area contributed by atoms with Crippen LogP contribution in [0.2, 0.25) is 0 Å². The molecule has 7 heteroatoms. The monoisotopic (exact) mass is 396 g/mol. The van der Waals surface area contributed by atoms with E-state index in [2.05, 4.69) is 31.0 Å². The predicted octanol–water partition coefficient (Wildman–Crippen LogP) is 3.04. The SMILES string of the molecule is CCNC(=NCCc1nc(CC)c(C)s1)N1CCC(OCCCOC)CC1. The van der Waals surface area contributed by atoms with Gasteiger partial charge in [0.1, 0.15) is 0 Å². The molecule has 27 heavy (non-hydrogen) atoms. The fraction of sp³-hybridized carbons (Fsp3) is 0.800. The molecule has 0 atom stereocenters. The molecule has 154 valence electrons. The third-order valence-electron chi connectivity index (χ3n) is 4.78. The summed E-state index contributed by atoms with van der Waals surface area (Å²) in [5.41, 5.74) is 1.23. The number of rotatable bonds is 10. The molecule has 0 unspecified atom stereocenters. The van der Waals surface area contributed by atoms with Gasteiger partial charge in [-0.2, -0.15) is 0 Å². The van der Waals surface area contributed by atoms with E-state index >= 15 is 0 Å². The minimum atomic E-state index is 0.367. The number of guanidine groups is 1. The first-order valence-electron chi connectivity index (χ1n) is 10.3. The Hall–Kier alpha value is -1.18. The smallest absolute Gasteiger partial charge is 0.193 e. The van der Waals surface area contributed by atoms with Crippen LogP contribution >= 0.6 is 11.3 Å². The first-order chi connectivity index (χ1) is 13.2. The number of likely N-dealkylation sites (tertiary alicyclic amines) is 1. The molecule has 6 nitrogen and oxygen atoms in total. The average molecular weight is 397 g/mol. The van der Waals surface area contributed by atoms with Gasteiger partial charge >= 0.3 is 0 Å². The summed E-state index contributed by atoms with van der Waals surface area (Å²) in [6, 6.07) is 0. The summed E-state index contributed by atoms with van der Waals surface area (Å²) in [4.78, 5) is 13.3. The van der Waals surface area contributed by atoms with E-state index in [4.69, 9.17) is 19.5 Å². The van der Waals surface area contributed by atoms with Crippen LogP contribution in [-0.2, 0) is 22.3 Å². The van der Waals surface area contributed by atoms with Crippen molar-refractivity contribution in [3.05, 3.63) is 15.6 Å². The second-order valence-corrected chi connectivity index (χ2v) is 8.14. The number of piperidine rings is 1. The zero-order valence-electron chi connectivity index (χ0n) is 17.4. The highest BCUT2D eigenvalue weighted by Crippen LogP contribution is 2.18. The maximum atomic E-state index is 5.96. The molecule has 2 heterocycles. The zero-order chi connectivity index (χ0) is 19.5. The van der Waals surface area contributed by atoms with Gasteiger partial charge in [0.25, 0.3) is 0 Å². The highest BCUT2D eigenvalue weighted by Gasteiger charge is 2.21. The molecule has 0 spiro atoms. The van der Waals surface area contributed by atoms with Crippen LogP contribution in [0.4, 0.5) is 0 Å². The molecule has 1 N–H and O–H groups in total. The van der Waals surface area contributed by atoms with Crippen molar-refractivity contribution in [2.24, 2.45) is 4.99 Å². The Morgan fingerprint density at radius 2 is 2.07 bits per heavy atom. The van der Waals surface area contributed by atoms with E-state index in [0.29, 0.717) is 6.10 Å². The van der Waals surface area contributed by atoms with Gasteiger partial charge in [0.15, 0.2) is 5.96 Å². The van der Waals surface area contributed by atoms with Crippen molar-refractivity contribution in [1.82, 2.24) is 15.2 Å². The van der Waals surface area contributed by atoms with E-state index in [1.54, 1.807) is 7.11 Å². The van der Waals surface area contributed by atoms with Gasteiger partial charge in [0, 0.05) is 57.8 Å². The van der Waals surface area contributed by atoms with E-state index in [1.165, 1.54) is 15.6 Å². The van der Waals surface area contributed by atoms with Crippen LogP contribution in [0, 0.1) is 6.92 Å². The normalized spacial score (nSPS) is 16.1. The highest BCUT2D eigenvalue weighted by molar-refractivity contribution is 7.11. The molecule has 0 amide bonds. The van der Waals surface area contributed by atoms with E-state index in [1.807, 2.05) is 11.3 Å². The lowest BCUT2D eigenvalue weighted by Gasteiger charge is -2.34. The number of aromatic nitrogens is 1. The Morgan fingerprint density at radius 1 is 1.30 bits per heavy atom. The summed E-state index contributed by atoms with van der Waals surface area (Å²) in [6.45, 7) is 11.7. The molecule has 1 aromatic rings. The summed E-state index contributed by atoms with van der Waals surface area (Å²) in [6.07, 6.45) is 5.38. The maximum Gasteiger partial charge on any atom is 0.193 e. The third-order valence-corrected chi connectivity index (χ3v) is 5.85. The summed E-state index contributed by atoms with van der Waals surface area (Å²) in [5.74, 6) is 1.03. The van der Waals surface area contributed by atoms with Crippen molar-refractivity contribution in [3.8, 4) is 0 Å². The molecule has 0 saturated carbocycles. The number of methoxy groups -OCH3 is 1. The molecule has 1 fully saturated rings. The fourth-order valence-electron chi connectivity index (χ4n) is 3.29. The van der Waals surface area contributed by atoms with E-state index < -0.39 is 0 Å². The van der Waals surface area contributed by atoms with Crippen LogP contribution < -0.4 is 5.32 Å². The van der Waals surface area contributed by atoms with E-state index in [-0.39, 0.29) is 0 Å². The second-order valence-electron chi connectivity index (χ2n) is 6.85. The summed E-state index contributed by atoms with van der Waals surface area (Å²) < 4.78 is 11.0. The molecular weight excluding hydrogens is 360 g/mol. The summed E-state index contributed by atoms with van der Waals surface area (Å²) in [7, 11) is 1.73. The van der Waals surface area contributed by atoms with Crippen LogP contribution in [0.25, 0.3) is 0 Å². The molecule has 1 saturated heterocycles. The van der Waals surface area contributed by atoms with Crippen molar-refractivity contribution < 1.29 is 9.47 Å². The van der Waals surface area contributed by atoms with Gasteiger partial charge in [-0.15, -0.1) is 11.3 Å². The van der Waals surface area contributed by atoms with Gasteiger partial charge in [0.05, 0.1) is 16.8 Å². The highest BCUT2D eigenvalue weighted by atomic mass is 32.1. The lowest BCUT2D eigenvalue weighted by molar-refractivity contribution is 0.00991. The van der Waals surface area contributed by atoms with Gasteiger partial charge in [-0.3, -0.25) is 4.99 Å². The number of ether oxygens (including phenoxy) is 2. The van der Waals surface area contributed by atoms with Crippen LogP contribution in [0.3, 0.4) is 0 Å². The Labute approximate surface area is 168 Å². The van der Waals surface area contributed by atoms with Crippen molar-refractivity contribution in [3.63, 3.8) is 0 Å². The number of thiazole rings is 1. The van der Waals surface area contributed by atoms with Gasteiger partial charge in [0.2, 0.25) is 0 Å². The molecule has 1 aliphatic rings. The number of aryl methyl sites for hydroxylation is 2. The Balaban J connectivity index is 1.79. The van der Waals surface area contributed by atoms with Crippen molar-refractivity contribution >= 4 is 17.3 Å². The van der Waals surface area contributed by atoms with Gasteiger partial charge in [-0.1, -0.05) is 6.92 Å². The second kappa shape index (κ2) is 12.3. The lowest BCUT2D eigenvalue weighted by Crippen LogP contribution is -2.47. The minimum absolute atomic E-state index is 0.367. The minimum Gasteiger partial charge on any atom is -0.385 e. The fourth-order valence-corrected chi connectivity index (χ4v) is 4.30. The topological polar surface area (TPSA) is 59.0 Å². The molecule has 0 aromatic carbocycles. The van der Waals surface area contributed by atoms with Crippen molar-refractivity contribution in [2.75, 3.05) is 46.5 Å². The molecule has 0 bridgehead atoms. The van der Waals surface area contributed by atoms with E-state index in [0.717, 1.165) is 77.5 Å². The zero-order valence-corrected chi connectivity index (χ0v) is 18.2. The molecule has 0 aliphatic carbocycles. The summed E-state index contributed by atoms with van der Waals surface area (Å²) >= 11 is 1.81. The van der Waals surface area contributed by atoms with Crippen LogP contribution in [0.1, 0.15) is 48.7 Å². The predicted molar refractivity (Wildman–Crippen MR) is 113 cm³/mol. The lowest BCUT2D eigenvalue weighted by atomic mass is 10.1. The van der Waals surface area contributed by atoms with Crippen molar-refractivity contribution in [2.45, 2.75) is 59.0 Å². The molecule has 0 radical (unpaired) electrons. The van der Waals surface area contributed by atoms with Gasteiger partial charge in [-0.05, 0) is 39.5 Å². The third kappa shape index (κ3) is 7.39. The van der Waals surface area contributed by atoms with E-state index in [9.17, 15) is 0 Å². The van der Waals surface area contributed by atoms with Crippen LogP contribution in [0.15, 0.2) is 4.99 Å².